The zero-order valence-corrected chi connectivity index (χ0v) is 10.9. The summed E-state index contributed by atoms with van der Waals surface area (Å²) in [5, 5.41) is 6.53. The minimum Gasteiger partial charge on any atom is -0.368 e. The molecular weight excluding hydrogens is 252 g/mol. The molecule has 0 aliphatic heterocycles. The molecule has 1 heterocycles. The highest BCUT2D eigenvalue weighted by Gasteiger charge is 2.16. The second kappa shape index (κ2) is 6.54. The molecule has 0 spiro atoms. The number of anilines is 1. The average molecular weight is 269 g/mol. The van der Waals surface area contributed by atoms with Gasteiger partial charge in [0.05, 0.1) is 6.20 Å². The lowest BCUT2D eigenvalue weighted by molar-refractivity contribution is -0.121. The van der Waals surface area contributed by atoms with Gasteiger partial charge in [-0.1, -0.05) is 24.4 Å². The van der Waals surface area contributed by atoms with Crippen LogP contribution in [0.4, 0.5) is 5.82 Å². The topological polar surface area (TPSA) is 66.9 Å². The molecular formula is C12H17ClN4O. The highest BCUT2D eigenvalue weighted by atomic mass is 35.5. The van der Waals surface area contributed by atoms with Gasteiger partial charge in [0, 0.05) is 19.0 Å². The Morgan fingerprint density at radius 3 is 2.94 bits per heavy atom. The molecule has 0 unspecified atom stereocenters. The Morgan fingerprint density at radius 1 is 1.44 bits per heavy atom. The van der Waals surface area contributed by atoms with Crippen LogP contribution in [0.15, 0.2) is 12.5 Å². The van der Waals surface area contributed by atoms with E-state index in [1.165, 1.54) is 25.4 Å². The zero-order chi connectivity index (χ0) is 12.8. The Bertz CT molecular complexity index is 407. The van der Waals surface area contributed by atoms with Crippen LogP contribution in [-0.4, -0.2) is 28.5 Å². The van der Waals surface area contributed by atoms with E-state index in [0.717, 1.165) is 12.8 Å². The van der Waals surface area contributed by atoms with Crippen LogP contribution in [-0.2, 0) is 4.79 Å². The summed E-state index contributed by atoms with van der Waals surface area (Å²) < 4.78 is 0. The number of rotatable bonds is 5. The fourth-order valence-electron chi connectivity index (χ4n) is 2.11. The Hall–Kier alpha value is -1.36. The molecule has 2 N–H and O–H groups in total. The molecule has 1 aromatic rings. The van der Waals surface area contributed by atoms with E-state index in [1.54, 1.807) is 0 Å². The van der Waals surface area contributed by atoms with Gasteiger partial charge in [-0.25, -0.2) is 9.97 Å². The van der Waals surface area contributed by atoms with Crippen molar-refractivity contribution in [2.45, 2.75) is 38.1 Å². The maximum absolute atomic E-state index is 11.7. The minimum absolute atomic E-state index is 0.0829. The summed E-state index contributed by atoms with van der Waals surface area (Å²) in [6.45, 7) is 0.523. The second-order valence-electron chi connectivity index (χ2n) is 4.44. The molecule has 1 saturated carbocycles. The summed E-state index contributed by atoms with van der Waals surface area (Å²) in [7, 11) is 0. The normalized spacial score (nSPS) is 15.6. The van der Waals surface area contributed by atoms with Gasteiger partial charge in [-0.05, 0) is 12.8 Å². The van der Waals surface area contributed by atoms with E-state index in [1.807, 2.05) is 0 Å². The number of hydrogen-bond acceptors (Lipinski definition) is 4. The van der Waals surface area contributed by atoms with E-state index >= 15 is 0 Å². The maximum atomic E-state index is 11.7. The molecule has 1 aromatic heterocycles. The molecule has 1 fully saturated rings. The molecule has 0 aromatic carbocycles. The van der Waals surface area contributed by atoms with Crippen molar-refractivity contribution in [3.63, 3.8) is 0 Å². The molecule has 0 saturated heterocycles. The molecule has 1 aliphatic carbocycles. The number of carbonyl (C=O) groups excluding carboxylic acids is 1. The van der Waals surface area contributed by atoms with Crippen molar-refractivity contribution in [1.29, 1.82) is 0 Å². The van der Waals surface area contributed by atoms with Crippen molar-refractivity contribution in [2.24, 2.45) is 0 Å². The van der Waals surface area contributed by atoms with Crippen molar-refractivity contribution in [1.82, 2.24) is 15.3 Å². The van der Waals surface area contributed by atoms with Crippen molar-refractivity contribution in [3.8, 4) is 0 Å². The molecule has 5 nitrogen and oxygen atoms in total. The molecule has 98 valence electrons. The number of halogens is 1. The number of aromatic nitrogens is 2. The number of carbonyl (C=O) groups is 1. The van der Waals surface area contributed by atoms with Crippen LogP contribution in [0.5, 0.6) is 0 Å². The van der Waals surface area contributed by atoms with Crippen LogP contribution >= 0.6 is 11.6 Å². The number of amides is 1. The molecule has 0 atom stereocenters. The van der Waals surface area contributed by atoms with Crippen LogP contribution in [0.25, 0.3) is 0 Å². The average Bonchev–Trinajstić information content (AvgIpc) is 2.84. The second-order valence-corrected chi connectivity index (χ2v) is 4.85. The highest BCUT2D eigenvalue weighted by Crippen LogP contribution is 2.18. The first-order valence-corrected chi connectivity index (χ1v) is 6.62. The van der Waals surface area contributed by atoms with Gasteiger partial charge in [0.2, 0.25) is 5.91 Å². The Labute approximate surface area is 111 Å². The first kappa shape index (κ1) is 13.1. The third kappa shape index (κ3) is 3.84. The van der Waals surface area contributed by atoms with Crippen LogP contribution < -0.4 is 10.6 Å². The molecule has 18 heavy (non-hydrogen) atoms. The number of nitrogens with one attached hydrogen (secondary N) is 2. The zero-order valence-electron chi connectivity index (χ0n) is 10.2. The summed E-state index contributed by atoms with van der Waals surface area (Å²) >= 11 is 5.89. The van der Waals surface area contributed by atoms with Crippen molar-refractivity contribution >= 4 is 23.3 Å². The number of hydrogen-bond donors (Lipinski definition) is 2. The highest BCUT2D eigenvalue weighted by molar-refractivity contribution is 6.32. The Morgan fingerprint density at radius 2 is 2.22 bits per heavy atom. The predicted octanol–water partition coefficient (Wildman–Crippen LogP) is 1.99. The summed E-state index contributed by atoms with van der Waals surface area (Å²) in [6, 6.07) is 0.375. The van der Waals surface area contributed by atoms with Gasteiger partial charge in [-0.2, -0.15) is 0 Å². The largest absolute Gasteiger partial charge is 0.368 e. The first-order valence-electron chi connectivity index (χ1n) is 6.24. The standard InChI is InChI=1S/C12H17ClN4O/c13-10-7-14-8-16-12(10)15-6-5-11(18)17-9-3-1-2-4-9/h7-9H,1-6H2,(H,17,18)(H,14,15,16). The van der Waals surface area contributed by atoms with E-state index in [2.05, 4.69) is 20.6 Å². The minimum atomic E-state index is 0.0829. The predicted molar refractivity (Wildman–Crippen MR) is 70.5 cm³/mol. The third-order valence-corrected chi connectivity index (χ3v) is 3.31. The van der Waals surface area contributed by atoms with Crippen LogP contribution in [0.2, 0.25) is 5.02 Å². The van der Waals surface area contributed by atoms with Crippen LogP contribution in [0.1, 0.15) is 32.1 Å². The molecule has 1 amide bonds. The van der Waals surface area contributed by atoms with Crippen molar-refractivity contribution in [3.05, 3.63) is 17.5 Å². The van der Waals surface area contributed by atoms with E-state index < -0.39 is 0 Å². The van der Waals surface area contributed by atoms with E-state index in [4.69, 9.17) is 11.6 Å². The smallest absolute Gasteiger partial charge is 0.221 e. The Balaban J connectivity index is 1.68. The first-order chi connectivity index (χ1) is 8.75. The summed E-state index contributed by atoms with van der Waals surface area (Å²) in [5.74, 6) is 0.653. The molecule has 0 radical (unpaired) electrons. The van der Waals surface area contributed by atoms with Crippen molar-refractivity contribution in [2.75, 3.05) is 11.9 Å². The molecule has 2 rings (SSSR count). The quantitative estimate of drug-likeness (QED) is 0.857. The van der Waals surface area contributed by atoms with Gasteiger partial charge in [-0.3, -0.25) is 4.79 Å². The van der Waals surface area contributed by atoms with E-state index in [-0.39, 0.29) is 5.91 Å². The van der Waals surface area contributed by atoms with Gasteiger partial charge in [-0.15, -0.1) is 0 Å². The van der Waals surface area contributed by atoms with Gasteiger partial charge in [0.15, 0.2) is 0 Å². The fourth-order valence-corrected chi connectivity index (χ4v) is 2.28. The lowest BCUT2D eigenvalue weighted by Crippen LogP contribution is -2.33. The lowest BCUT2D eigenvalue weighted by atomic mass is 10.2. The Kier molecular flexibility index (Phi) is 4.75. The molecule has 6 heteroatoms. The summed E-state index contributed by atoms with van der Waals surface area (Å²) in [6.07, 6.45) is 8.03. The molecule has 0 bridgehead atoms. The van der Waals surface area contributed by atoms with Crippen molar-refractivity contribution < 1.29 is 4.79 Å². The third-order valence-electron chi connectivity index (χ3n) is 3.03. The molecule has 1 aliphatic rings. The van der Waals surface area contributed by atoms with Gasteiger partial charge in [0.1, 0.15) is 17.2 Å². The van der Waals surface area contributed by atoms with Gasteiger partial charge in [0.25, 0.3) is 0 Å². The number of nitrogens with zero attached hydrogens (tertiary/aromatic N) is 2. The maximum Gasteiger partial charge on any atom is 0.221 e. The summed E-state index contributed by atoms with van der Waals surface area (Å²) in [4.78, 5) is 19.4. The van der Waals surface area contributed by atoms with Gasteiger partial charge >= 0.3 is 0 Å². The monoisotopic (exact) mass is 268 g/mol. The lowest BCUT2D eigenvalue weighted by Gasteiger charge is -2.12. The fraction of sp³-hybridized carbons (Fsp3) is 0.583. The SMILES string of the molecule is O=C(CCNc1ncncc1Cl)NC1CCCC1. The van der Waals surface area contributed by atoms with Gasteiger partial charge < -0.3 is 10.6 Å². The van der Waals surface area contributed by atoms with Crippen LogP contribution in [0.3, 0.4) is 0 Å². The van der Waals surface area contributed by atoms with E-state index in [9.17, 15) is 4.79 Å². The summed E-state index contributed by atoms with van der Waals surface area (Å²) in [5.41, 5.74) is 0. The van der Waals surface area contributed by atoms with E-state index in [0.29, 0.717) is 29.8 Å². The van der Waals surface area contributed by atoms with Crippen LogP contribution in [0, 0.1) is 0 Å².